The van der Waals surface area contributed by atoms with Crippen LogP contribution in [0, 0.1) is 28.1 Å². The quantitative estimate of drug-likeness (QED) is 0.778. The molecule has 4 saturated carbocycles. The molecule has 4 fully saturated rings. The Morgan fingerprint density at radius 2 is 1.87 bits per heavy atom. The number of carboxylic acid groups (broad SMARTS) is 1. The minimum absolute atomic E-state index is 0.00382. The van der Waals surface area contributed by atoms with Crippen LogP contribution >= 0.6 is 0 Å². The molecule has 4 aliphatic rings. The van der Waals surface area contributed by atoms with Gasteiger partial charge in [0.2, 0.25) is 0 Å². The fourth-order valence-electron chi connectivity index (χ4n) is 7.33. The molecule has 0 aromatic heterocycles. The van der Waals surface area contributed by atoms with E-state index in [1.165, 1.54) is 0 Å². The highest BCUT2D eigenvalue weighted by Crippen LogP contribution is 2.72. The van der Waals surface area contributed by atoms with E-state index in [0.29, 0.717) is 25.0 Å². The Kier molecular flexibility index (Phi) is 2.98. The van der Waals surface area contributed by atoms with Crippen LogP contribution in [0.3, 0.4) is 0 Å². The first kappa shape index (κ1) is 15.6. The van der Waals surface area contributed by atoms with E-state index in [-0.39, 0.29) is 22.7 Å². The molecule has 0 heterocycles. The van der Waals surface area contributed by atoms with Gasteiger partial charge in [0.15, 0.2) is 0 Å². The smallest absolute Gasteiger partial charge is 0.309 e. The Bertz CT molecular complexity index is 586. The molecule has 0 saturated heterocycles. The molecule has 0 aromatic carbocycles. The average molecular weight is 320 g/mol. The second-order valence-corrected chi connectivity index (χ2v) is 9.31. The van der Waals surface area contributed by atoms with Gasteiger partial charge < -0.3 is 10.2 Å². The van der Waals surface area contributed by atoms with Crippen LogP contribution in [0.2, 0.25) is 0 Å². The minimum atomic E-state index is -0.872. The number of Topliss-reactive ketones (excluding diaryl/α,β-unsaturated/α-hetero) is 1. The highest BCUT2D eigenvalue weighted by molar-refractivity contribution is 5.85. The molecule has 0 unspecified atom stereocenters. The first-order chi connectivity index (χ1) is 10.7. The van der Waals surface area contributed by atoms with Crippen molar-refractivity contribution in [1.82, 2.24) is 0 Å². The molecule has 23 heavy (non-hydrogen) atoms. The second kappa shape index (κ2) is 4.38. The van der Waals surface area contributed by atoms with Crippen molar-refractivity contribution < 1.29 is 19.8 Å². The van der Waals surface area contributed by atoms with E-state index in [2.05, 4.69) is 6.92 Å². The molecule has 4 heteroatoms. The van der Waals surface area contributed by atoms with Gasteiger partial charge in [0.25, 0.3) is 0 Å². The number of carboxylic acids is 1. The zero-order valence-corrected chi connectivity index (χ0v) is 14.2. The van der Waals surface area contributed by atoms with Crippen molar-refractivity contribution in [3.05, 3.63) is 0 Å². The Morgan fingerprint density at radius 3 is 2.57 bits per heavy atom. The molecule has 4 aliphatic carbocycles. The van der Waals surface area contributed by atoms with Gasteiger partial charge in [0.05, 0.1) is 11.0 Å². The van der Waals surface area contributed by atoms with E-state index < -0.39 is 17.0 Å². The molecule has 0 amide bonds. The highest BCUT2D eigenvalue weighted by Gasteiger charge is 2.72. The molecule has 4 rings (SSSR count). The van der Waals surface area contributed by atoms with Crippen molar-refractivity contribution in [2.75, 3.05) is 0 Å². The number of carbonyl (C=O) groups is 2. The SMILES string of the molecule is C[C@@]1(C(=O)O)CCC[C@]2(C)[C@@H]1CC[C@]13CC(=O)[C@@H](CC[C@]12O)C3. The summed E-state index contributed by atoms with van der Waals surface area (Å²) in [6.45, 7) is 4.01. The molecule has 6 atom stereocenters. The summed E-state index contributed by atoms with van der Waals surface area (Å²) in [7, 11) is 0. The molecule has 1 spiro atoms. The first-order valence-electron chi connectivity index (χ1n) is 9.17. The summed E-state index contributed by atoms with van der Waals surface area (Å²) in [5.74, 6) is -0.238. The highest BCUT2D eigenvalue weighted by atomic mass is 16.4. The average Bonchev–Trinajstić information content (AvgIpc) is 2.75. The van der Waals surface area contributed by atoms with Gasteiger partial charge in [-0.2, -0.15) is 0 Å². The molecule has 0 aliphatic heterocycles. The Labute approximate surface area is 137 Å². The molecule has 2 bridgehead atoms. The lowest BCUT2D eigenvalue weighted by molar-refractivity contribution is -0.262. The molecule has 0 aromatic rings. The number of hydrogen-bond donors (Lipinski definition) is 2. The van der Waals surface area contributed by atoms with Crippen molar-refractivity contribution >= 4 is 11.8 Å². The van der Waals surface area contributed by atoms with E-state index in [0.717, 1.165) is 38.5 Å². The van der Waals surface area contributed by atoms with Gasteiger partial charge in [0, 0.05) is 23.2 Å². The van der Waals surface area contributed by atoms with Gasteiger partial charge in [-0.05, 0) is 57.8 Å². The van der Waals surface area contributed by atoms with Crippen molar-refractivity contribution in [2.24, 2.45) is 28.1 Å². The lowest BCUT2D eigenvalue weighted by Crippen LogP contribution is -2.68. The minimum Gasteiger partial charge on any atom is -0.481 e. The molecule has 0 radical (unpaired) electrons. The maximum absolute atomic E-state index is 12.3. The summed E-state index contributed by atoms with van der Waals surface area (Å²) in [4.78, 5) is 24.4. The summed E-state index contributed by atoms with van der Waals surface area (Å²) in [5.41, 5.74) is -2.28. The number of carbonyl (C=O) groups excluding carboxylic acids is 1. The van der Waals surface area contributed by atoms with Gasteiger partial charge in [-0.1, -0.05) is 13.3 Å². The summed E-state index contributed by atoms with van der Waals surface area (Å²) in [6.07, 6.45) is 6.89. The second-order valence-electron chi connectivity index (χ2n) is 9.31. The summed E-state index contributed by atoms with van der Waals surface area (Å²) in [5, 5.41) is 21.8. The summed E-state index contributed by atoms with van der Waals surface area (Å²) >= 11 is 0. The van der Waals surface area contributed by atoms with Crippen LogP contribution in [0.25, 0.3) is 0 Å². The topological polar surface area (TPSA) is 74.6 Å². The largest absolute Gasteiger partial charge is 0.481 e. The molecule has 2 N–H and O–H groups in total. The van der Waals surface area contributed by atoms with Crippen LogP contribution in [-0.2, 0) is 9.59 Å². The zero-order chi connectivity index (χ0) is 16.7. The third-order valence-corrected chi connectivity index (χ3v) is 8.61. The number of ketones is 1. The van der Waals surface area contributed by atoms with Crippen LogP contribution in [-0.4, -0.2) is 27.6 Å². The van der Waals surface area contributed by atoms with E-state index in [9.17, 15) is 19.8 Å². The van der Waals surface area contributed by atoms with Crippen LogP contribution in [0.15, 0.2) is 0 Å². The predicted molar refractivity (Wildman–Crippen MR) is 84.8 cm³/mol. The number of rotatable bonds is 1. The lowest BCUT2D eigenvalue weighted by Gasteiger charge is -2.67. The molecular weight excluding hydrogens is 292 g/mol. The fourth-order valence-corrected chi connectivity index (χ4v) is 7.33. The third-order valence-electron chi connectivity index (χ3n) is 8.61. The van der Waals surface area contributed by atoms with E-state index in [4.69, 9.17) is 0 Å². The molecule has 128 valence electrons. The van der Waals surface area contributed by atoms with Crippen molar-refractivity contribution in [3.8, 4) is 0 Å². The van der Waals surface area contributed by atoms with Crippen molar-refractivity contribution in [1.29, 1.82) is 0 Å². The van der Waals surface area contributed by atoms with Gasteiger partial charge in [-0.15, -0.1) is 0 Å². The van der Waals surface area contributed by atoms with Crippen molar-refractivity contribution in [3.63, 3.8) is 0 Å². The van der Waals surface area contributed by atoms with Gasteiger partial charge in [0.1, 0.15) is 5.78 Å². The molecule has 4 nitrogen and oxygen atoms in total. The maximum Gasteiger partial charge on any atom is 0.309 e. The van der Waals surface area contributed by atoms with Crippen LogP contribution in [0.1, 0.15) is 71.6 Å². The third kappa shape index (κ3) is 1.61. The standard InChI is InChI=1S/C19H28O4/c1-16(15(21)22)6-3-7-17(2)14(16)5-8-18-10-12(13(20)11-18)4-9-19(17,18)23/h12,14,23H,3-11H2,1-2H3,(H,21,22)/t12-,14+,16+,17+,18-,19+/m0/s1. The zero-order valence-electron chi connectivity index (χ0n) is 14.2. The number of fused-ring (bicyclic) bond motifs is 3. The van der Waals surface area contributed by atoms with Crippen LogP contribution in [0.4, 0.5) is 0 Å². The predicted octanol–water partition coefficient (Wildman–Crippen LogP) is 3.17. The van der Waals surface area contributed by atoms with Crippen LogP contribution in [0.5, 0.6) is 0 Å². The van der Waals surface area contributed by atoms with Gasteiger partial charge in [-0.25, -0.2) is 0 Å². The number of aliphatic carboxylic acids is 1. The number of aliphatic hydroxyl groups is 1. The molecular formula is C19H28O4. The summed E-state index contributed by atoms with van der Waals surface area (Å²) < 4.78 is 0. The van der Waals surface area contributed by atoms with Gasteiger partial charge >= 0.3 is 5.97 Å². The Morgan fingerprint density at radius 1 is 1.13 bits per heavy atom. The van der Waals surface area contributed by atoms with E-state index in [1.807, 2.05) is 6.92 Å². The van der Waals surface area contributed by atoms with Crippen LogP contribution < -0.4 is 0 Å². The normalized spacial score (nSPS) is 55.2. The van der Waals surface area contributed by atoms with Gasteiger partial charge in [-0.3, -0.25) is 9.59 Å². The maximum atomic E-state index is 12.3. The monoisotopic (exact) mass is 320 g/mol. The Hall–Kier alpha value is -0.900. The Balaban J connectivity index is 1.82. The van der Waals surface area contributed by atoms with E-state index in [1.54, 1.807) is 0 Å². The number of hydrogen-bond acceptors (Lipinski definition) is 3. The van der Waals surface area contributed by atoms with E-state index >= 15 is 0 Å². The first-order valence-corrected chi connectivity index (χ1v) is 9.17. The lowest BCUT2D eigenvalue weighted by atomic mass is 9.39. The fraction of sp³-hybridized carbons (Fsp3) is 0.895. The summed E-state index contributed by atoms with van der Waals surface area (Å²) in [6, 6.07) is 0. The van der Waals surface area contributed by atoms with Crippen molar-refractivity contribution in [2.45, 2.75) is 77.2 Å².